The van der Waals surface area contributed by atoms with Gasteiger partial charge in [0, 0.05) is 11.5 Å². The van der Waals surface area contributed by atoms with Gasteiger partial charge in [0.1, 0.15) is 16.8 Å². The molecule has 0 saturated carbocycles. The molecule has 0 aliphatic heterocycles. The first kappa shape index (κ1) is 10.2. The van der Waals surface area contributed by atoms with E-state index in [9.17, 15) is 14.5 Å². The van der Waals surface area contributed by atoms with Crippen LogP contribution in [-0.4, -0.2) is 5.78 Å². The first-order chi connectivity index (χ1) is 7.61. The maximum absolute atomic E-state index is 11.4. The Morgan fingerprint density at radius 2 is 2.06 bits per heavy atom. The molecule has 0 aliphatic rings. The van der Waals surface area contributed by atoms with Gasteiger partial charge in [-0.2, -0.15) is 0 Å². The third kappa shape index (κ3) is 1.63. The summed E-state index contributed by atoms with van der Waals surface area (Å²) in [7, 11) is 0. The van der Waals surface area contributed by atoms with Crippen molar-refractivity contribution in [1.82, 2.24) is 0 Å². The van der Waals surface area contributed by atoms with Crippen molar-refractivity contribution in [1.29, 1.82) is 0 Å². The second kappa shape index (κ2) is 3.69. The molecule has 1 heterocycles. The van der Waals surface area contributed by atoms with Crippen LogP contribution in [0.3, 0.4) is 0 Å². The maximum atomic E-state index is 11.4. The number of fused-ring (bicyclic) bond motifs is 1. The zero-order valence-corrected chi connectivity index (χ0v) is 8.39. The number of benzene rings is 1. The van der Waals surface area contributed by atoms with Gasteiger partial charge in [-0.3, -0.25) is 4.79 Å². The smallest absolute Gasteiger partial charge is 0.347 e. The molecule has 0 unspecified atom stereocenters. The number of nitrogens with zero attached hydrogens (tertiary/aromatic N) is 1. The molecule has 5 heteroatoms. The number of hydrogen-bond donors (Lipinski definition) is 0. The predicted molar refractivity (Wildman–Crippen MR) is 57.9 cm³/mol. The summed E-state index contributed by atoms with van der Waals surface area (Å²) in [5.41, 5.74) is -0.291. The van der Waals surface area contributed by atoms with Crippen LogP contribution in [0.15, 0.2) is 38.7 Å². The van der Waals surface area contributed by atoms with Crippen molar-refractivity contribution in [3.05, 3.63) is 45.2 Å². The Labute approximate surface area is 89.7 Å². The zero-order chi connectivity index (χ0) is 11.7. The maximum Gasteiger partial charge on any atom is 0.347 e. The molecular weight excluding hydrogens is 210 g/mol. The van der Waals surface area contributed by atoms with Crippen LogP contribution in [-0.2, 0) is 0 Å². The second-order valence-corrected chi connectivity index (χ2v) is 3.32. The summed E-state index contributed by atoms with van der Waals surface area (Å²) >= 11 is 0. The van der Waals surface area contributed by atoms with Gasteiger partial charge in [0.2, 0.25) is 0 Å². The molecule has 80 valence electrons. The van der Waals surface area contributed by atoms with E-state index in [-0.39, 0.29) is 22.6 Å². The normalized spacial score (nSPS) is 10.3. The van der Waals surface area contributed by atoms with Gasteiger partial charge in [0.25, 0.3) is 0 Å². The zero-order valence-electron chi connectivity index (χ0n) is 8.39. The first-order valence-electron chi connectivity index (χ1n) is 4.54. The Bertz CT molecular complexity index is 642. The molecule has 0 spiro atoms. The van der Waals surface area contributed by atoms with E-state index < -0.39 is 5.63 Å². The third-order valence-corrected chi connectivity index (χ3v) is 2.20. The molecule has 0 atom stereocenters. The summed E-state index contributed by atoms with van der Waals surface area (Å²) < 4.78 is 4.92. The van der Waals surface area contributed by atoms with Crippen molar-refractivity contribution in [2.75, 3.05) is 0 Å². The van der Waals surface area contributed by atoms with Crippen LogP contribution in [0.4, 0.5) is 5.69 Å². The molecule has 0 N–H and O–H groups in total. The van der Waals surface area contributed by atoms with Gasteiger partial charge < -0.3 is 4.42 Å². The Morgan fingerprint density at radius 3 is 2.69 bits per heavy atom. The summed E-state index contributed by atoms with van der Waals surface area (Å²) in [5.74, 6) is -0.353. The molecule has 2 rings (SSSR count). The van der Waals surface area contributed by atoms with Crippen molar-refractivity contribution >= 4 is 22.4 Å². The predicted octanol–water partition coefficient (Wildman–Crippen LogP) is 2.39. The summed E-state index contributed by atoms with van der Waals surface area (Å²) in [5, 5.41) is 3.31. The summed E-state index contributed by atoms with van der Waals surface area (Å²) in [4.78, 5) is 32.8. The van der Waals surface area contributed by atoms with Gasteiger partial charge in [0.05, 0.1) is 0 Å². The molecule has 1 aromatic heterocycles. The molecule has 0 saturated heterocycles. The molecule has 0 fully saturated rings. The van der Waals surface area contributed by atoms with Crippen LogP contribution in [0.2, 0.25) is 0 Å². The van der Waals surface area contributed by atoms with E-state index in [1.54, 1.807) is 6.07 Å². The Kier molecular flexibility index (Phi) is 2.36. The largest absolute Gasteiger partial charge is 0.422 e. The highest BCUT2D eigenvalue weighted by Crippen LogP contribution is 2.20. The van der Waals surface area contributed by atoms with E-state index in [1.165, 1.54) is 25.1 Å². The highest BCUT2D eigenvalue weighted by molar-refractivity contribution is 5.96. The topological polar surface area (TPSA) is 76.7 Å². The Morgan fingerprint density at radius 1 is 1.31 bits per heavy atom. The van der Waals surface area contributed by atoms with Crippen LogP contribution in [0.1, 0.15) is 17.3 Å². The van der Waals surface area contributed by atoms with Crippen LogP contribution >= 0.6 is 0 Å². The minimum Gasteiger partial charge on any atom is -0.422 e. The first-order valence-corrected chi connectivity index (χ1v) is 4.54. The highest BCUT2D eigenvalue weighted by Gasteiger charge is 2.09. The van der Waals surface area contributed by atoms with Gasteiger partial charge >= 0.3 is 5.63 Å². The minimum atomic E-state index is -0.706. The van der Waals surface area contributed by atoms with Crippen LogP contribution in [0, 0.1) is 4.91 Å². The molecular formula is C11H7NO4. The fourth-order valence-corrected chi connectivity index (χ4v) is 1.40. The van der Waals surface area contributed by atoms with Crippen molar-refractivity contribution < 1.29 is 9.21 Å². The summed E-state index contributed by atoms with van der Waals surface area (Å²) in [6.45, 7) is 1.29. The van der Waals surface area contributed by atoms with E-state index in [2.05, 4.69) is 5.18 Å². The SMILES string of the molecule is CC(=O)c1cc2ccc(N=O)cc2oc1=O. The second-order valence-electron chi connectivity index (χ2n) is 3.32. The number of ketones is 1. The van der Waals surface area contributed by atoms with Gasteiger partial charge in [-0.25, -0.2) is 4.79 Å². The number of rotatable bonds is 2. The Balaban J connectivity index is 2.78. The van der Waals surface area contributed by atoms with Crippen molar-refractivity contribution in [2.24, 2.45) is 5.18 Å². The number of carbonyl (C=O) groups is 1. The number of carbonyl (C=O) groups excluding carboxylic acids is 1. The van der Waals surface area contributed by atoms with Gasteiger partial charge in [0.15, 0.2) is 5.78 Å². The standard InChI is InChI=1S/C11H7NO4/c1-6(13)9-4-7-2-3-8(12-15)5-10(7)16-11(9)14/h2-5H,1H3. The molecule has 2 aromatic rings. The fraction of sp³-hybridized carbons (Fsp3) is 0.0909. The molecule has 0 bridgehead atoms. The molecule has 0 aliphatic carbocycles. The minimum absolute atomic E-state index is 0.000637. The van der Waals surface area contributed by atoms with E-state index in [4.69, 9.17) is 4.42 Å². The Hall–Kier alpha value is -2.30. The third-order valence-electron chi connectivity index (χ3n) is 2.20. The highest BCUT2D eigenvalue weighted by atomic mass is 16.4. The number of nitroso groups, excluding NO2 is 1. The fourth-order valence-electron chi connectivity index (χ4n) is 1.40. The van der Waals surface area contributed by atoms with E-state index in [1.807, 2.05) is 0 Å². The van der Waals surface area contributed by atoms with Crippen molar-refractivity contribution in [3.63, 3.8) is 0 Å². The number of hydrogen-bond acceptors (Lipinski definition) is 5. The van der Waals surface area contributed by atoms with Gasteiger partial charge in [-0.1, -0.05) is 0 Å². The number of Topliss-reactive ketones (excluding diaryl/α,β-unsaturated/α-hetero) is 1. The monoisotopic (exact) mass is 217 g/mol. The lowest BCUT2D eigenvalue weighted by atomic mass is 10.1. The molecule has 0 amide bonds. The van der Waals surface area contributed by atoms with Crippen LogP contribution in [0.25, 0.3) is 11.0 Å². The molecule has 5 nitrogen and oxygen atoms in total. The molecule has 0 radical (unpaired) electrons. The van der Waals surface area contributed by atoms with E-state index in [0.717, 1.165) is 0 Å². The molecule has 16 heavy (non-hydrogen) atoms. The summed E-state index contributed by atoms with van der Waals surface area (Å²) in [6, 6.07) is 5.85. The lowest BCUT2D eigenvalue weighted by molar-refractivity contribution is 0.101. The lowest BCUT2D eigenvalue weighted by Gasteiger charge is -1.98. The van der Waals surface area contributed by atoms with Crippen molar-refractivity contribution in [2.45, 2.75) is 6.92 Å². The van der Waals surface area contributed by atoms with Crippen LogP contribution < -0.4 is 5.63 Å². The average molecular weight is 217 g/mol. The van der Waals surface area contributed by atoms with E-state index >= 15 is 0 Å². The van der Waals surface area contributed by atoms with Crippen molar-refractivity contribution in [3.8, 4) is 0 Å². The summed E-state index contributed by atoms with van der Waals surface area (Å²) in [6.07, 6.45) is 0. The van der Waals surface area contributed by atoms with Gasteiger partial charge in [-0.05, 0) is 30.3 Å². The van der Waals surface area contributed by atoms with Gasteiger partial charge in [-0.15, -0.1) is 4.91 Å². The van der Waals surface area contributed by atoms with E-state index in [0.29, 0.717) is 5.39 Å². The lowest BCUT2D eigenvalue weighted by Crippen LogP contribution is -2.10. The quantitative estimate of drug-likeness (QED) is 0.439. The average Bonchev–Trinajstić information content (AvgIpc) is 2.27. The molecule has 1 aromatic carbocycles. The van der Waals surface area contributed by atoms with Crippen LogP contribution in [0.5, 0.6) is 0 Å².